The van der Waals surface area contributed by atoms with E-state index in [1.165, 1.54) is 0 Å². The highest BCUT2D eigenvalue weighted by atomic mass is 15.4. The molecule has 0 radical (unpaired) electrons. The summed E-state index contributed by atoms with van der Waals surface area (Å²) < 4.78 is 7.03. The van der Waals surface area contributed by atoms with E-state index < -0.39 is 0 Å². The molecule has 5 rings (SSSR count). The molecule has 10 nitrogen and oxygen atoms in total. The zero-order valence-electron chi connectivity index (χ0n) is 20.2. The average molecular weight is 457 g/mol. The summed E-state index contributed by atoms with van der Waals surface area (Å²) in [5.74, 6) is 2.93. The predicted molar refractivity (Wildman–Crippen MR) is 128 cm³/mol. The Labute approximate surface area is 197 Å². The van der Waals surface area contributed by atoms with Crippen molar-refractivity contribution in [1.29, 1.82) is 0 Å². The first kappa shape index (κ1) is 21.7. The minimum absolute atomic E-state index is 0.129. The van der Waals surface area contributed by atoms with Crippen molar-refractivity contribution in [3.63, 3.8) is 0 Å². The van der Waals surface area contributed by atoms with Gasteiger partial charge in [0.05, 0.1) is 11.4 Å². The van der Waals surface area contributed by atoms with Gasteiger partial charge in [0.15, 0.2) is 23.3 Å². The largest absolute Gasteiger partial charge is 0.237 e. The second-order valence-corrected chi connectivity index (χ2v) is 10.3. The minimum Gasteiger partial charge on any atom is -0.237 e. The number of benzene rings is 1. The maximum atomic E-state index is 4.74. The normalized spacial score (nSPS) is 12.4. The van der Waals surface area contributed by atoms with Gasteiger partial charge < -0.3 is 0 Å². The summed E-state index contributed by atoms with van der Waals surface area (Å²) in [5, 5.41) is 18.7. The van der Waals surface area contributed by atoms with Gasteiger partial charge in [0.25, 0.3) is 0 Å². The molecule has 0 unspecified atom stereocenters. The fourth-order valence-electron chi connectivity index (χ4n) is 3.43. The van der Waals surface area contributed by atoms with E-state index in [1.807, 2.05) is 58.2 Å². The summed E-state index contributed by atoms with van der Waals surface area (Å²) in [5.41, 5.74) is 1.51. The molecule has 0 aliphatic heterocycles. The molecule has 4 aromatic heterocycles. The number of aromatic nitrogens is 10. The number of hydrogen-bond donors (Lipinski definition) is 0. The van der Waals surface area contributed by atoms with Crippen LogP contribution in [-0.2, 0) is 10.8 Å². The highest BCUT2D eigenvalue weighted by Crippen LogP contribution is 2.22. The smallest absolute Gasteiger partial charge is 0.177 e. The van der Waals surface area contributed by atoms with Crippen molar-refractivity contribution in [3.05, 3.63) is 73.1 Å². The second kappa shape index (κ2) is 7.75. The maximum Gasteiger partial charge on any atom is 0.177 e. The fraction of sp³-hybridized carbons (Fsp3) is 0.333. The van der Waals surface area contributed by atoms with Crippen molar-refractivity contribution >= 4 is 0 Å². The topological polar surface area (TPSA) is 97.1 Å². The summed E-state index contributed by atoms with van der Waals surface area (Å²) in [6.45, 7) is 12.5. The Morgan fingerprint density at radius 3 is 1.29 bits per heavy atom. The van der Waals surface area contributed by atoms with Crippen LogP contribution in [0.25, 0.3) is 23.0 Å². The third-order valence-electron chi connectivity index (χ3n) is 5.32. The first-order valence-electron chi connectivity index (χ1n) is 11.2. The lowest BCUT2D eigenvalue weighted by atomic mass is 9.96. The SMILES string of the molecule is CC(C)(C)c1ncn(-c2ccn(-c3ccccc3-n3ccc(-n4cnc(C(C)(C)C)n4)n3)n2)n1. The van der Waals surface area contributed by atoms with Crippen LogP contribution in [0.1, 0.15) is 53.2 Å². The molecule has 0 atom stereocenters. The highest BCUT2D eigenvalue weighted by Gasteiger charge is 2.21. The molecule has 0 spiro atoms. The van der Waals surface area contributed by atoms with Gasteiger partial charge in [-0.05, 0) is 12.1 Å². The molecule has 0 aliphatic rings. The zero-order chi connectivity index (χ0) is 24.1. The summed E-state index contributed by atoms with van der Waals surface area (Å²) in [6, 6.07) is 11.8. The lowest BCUT2D eigenvalue weighted by molar-refractivity contribution is 0.542. The van der Waals surface area contributed by atoms with E-state index in [1.54, 1.807) is 22.0 Å². The quantitative estimate of drug-likeness (QED) is 0.408. The molecular formula is C24H28N10. The summed E-state index contributed by atoms with van der Waals surface area (Å²) in [4.78, 5) is 8.87. The molecule has 34 heavy (non-hydrogen) atoms. The van der Waals surface area contributed by atoms with E-state index in [0.717, 1.165) is 23.0 Å². The van der Waals surface area contributed by atoms with Crippen molar-refractivity contribution in [2.45, 2.75) is 52.4 Å². The second-order valence-electron chi connectivity index (χ2n) is 10.3. The summed E-state index contributed by atoms with van der Waals surface area (Å²) >= 11 is 0. The van der Waals surface area contributed by atoms with Gasteiger partial charge in [0.2, 0.25) is 0 Å². The van der Waals surface area contributed by atoms with Gasteiger partial charge >= 0.3 is 0 Å². The van der Waals surface area contributed by atoms with E-state index in [0.29, 0.717) is 11.6 Å². The number of nitrogens with zero attached hydrogens (tertiary/aromatic N) is 10. The molecule has 5 aromatic rings. The van der Waals surface area contributed by atoms with Crippen LogP contribution in [0.2, 0.25) is 0 Å². The Hall–Kier alpha value is -4.08. The predicted octanol–water partition coefficient (Wildman–Crippen LogP) is 3.81. The standard InChI is InChI=1S/C24H28N10/c1-23(2,3)21-25-15-33(29-21)19-11-13-31(27-19)17-9-7-8-10-18(17)32-14-12-20(28-32)34-16-26-22(30-34)24(4,5)6/h7-16H,1-6H3. The van der Waals surface area contributed by atoms with Crippen LogP contribution in [0, 0.1) is 0 Å². The Morgan fingerprint density at radius 1 is 0.529 bits per heavy atom. The van der Waals surface area contributed by atoms with Gasteiger partial charge in [0, 0.05) is 35.4 Å². The number of rotatable bonds is 4. The molecule has 0 N–H and O–H groups in total. The van der Waals surface area contributed by atoms with Gasteiger partial charge in [-0.3, -0.25) is 0 Å². The Kier molecular flexibility index (Phi) is 4.96. The third-order valence-corrected chi connectivity index (χ3v) is 5.32. The van der Waals surface area contributed by atoms with Crippen molar-refractivity contribution < 1.29 is 0 Å². The summed E-state index contributed by atoms with van der Waals surface area (Å²) in [6.07, 6.45) is 7.21. The molecule has 0 fully saturated rings. The van der Waals surface area contributed by atoms with Crippen LogP contribution in [0.5, 0.6) is 0 Å². The highest BCUT2D eigenvalue weighted by molar-refractivity contribution is 5.52. The molecular weight excluding hydrogens is 428 g/mol. The van der Waals surface area contributed by atoms with Gasteiger partial charge in [0.1, 0.15) is 12.7 Å². The van der Waals surface area contributed by atoms with Crippen LogP contribution >= 0.6 is 0 Å². The summed E-state index contributed by atoms with van der Waals surface area (Å²) in [7, 11) is 0. The van der Waals surface area contributed by atoms with Crippen molar-refractivity contribution in [2.24, 2.45) is 0 Å². The van der Waals surface area contributed by atoms with Gasteiger partial charge in [-0.1, -0.05) is 53.7 Å². The van der Waals surface area contributed by atoms with Crippen molar-refractivity contribution in [2.75, 3.05) is 0 Å². The van der Waals surface area contributed by atoms with Crippen LogP contribution in [0.15, 0.2) is 61.4 Å². The van der Waals surface area contributed by atoms with E-state index in [4.69, 9.17) is 10.2 Å². The molecule has 0 aliphatic carbocycles. The van der Waals surface area contributed by atoms with Gasteiger partial charge in [-0.25, -0.2) is 28.7 Å². The van der Waals surface area contributed by atoms with Crippen LogP contribution in [0.4, 0.5) is 0 Å². The third kappa shape index (κ3) is 4.02. The van der Waals surface area contributed by atoms with E-state index in [9.17, 15) is 0 Å². The first-order chi connectivity index (χ1) is 16.1. The Morgan fingerprint density at radius 2 is 0.941 bits per heavy atom. The van der Waals surface area contributed by atoms with Crippen molar-refractivity contribution in [1.82, 2.24) is 49.1 Å². The number of para-hydroxylation sites is 2. The van der Waals surface area contributed by atoms with E-state index in [2.05, 4.69) is 61.7 Å². The zero-order valence-corrected chi connectivity index (χ0v) is 20.2. The Bertz CT molecular complexity index is 1330. The minimum atomic E-state index is -0.129. The van der Waals surface area contributed by atoms with Crippen LogP contribution in [-0.4, -0.2) is 49.1 Å². The van der Waals surface area contributed by atoms with Crippen molar-refractivity contribution in [3.8, 4) is 23.0 Å². The van der Waals surface area contributed by atoms with Gasteiger partial charge in [-0.15, -0.1) is 20.4 Å². The van der Waals surface area contributed by atoms with E-state index in [-0.39, 0.29) is 10.8 Å². The molecule has 0 saturated carbocycles. The molecule has 0 bridgehead atoms. The Balaban J connectivity index is 1.47. The lowest BCUT2D eigenvalue weighted by Crippen LogP contribution is -2.14. The lowest BCUT2D eigenvalue weighted by Gasteiger charge is -2.12. The maximum absolute atomic E-state index is 4.74. The molecule has 10 heteroatoms. The first-order valence-corrected chi connectivity index (χ1v) is 11.2. The number of hydrogen-bond acceptors (Lipinski definition) is 6. The molecule has 0 saturated heterocycles. The monoisotopic (exact) mass is 456 g/mol. The van der Waals surface area contributed by atoms with Gasteiger partial charge in [-0.2, -0.15) is 0 Å². The van der Waals surface area contributed by atoms with Crippen LogP contribution < -0.4 is 0 Å². The van der Waals surface area contributed by atoms with Crippen LogP contribution in [0.3, 0.4) is 0 Å². The van der Waals surface area contributed by atoms with E-state index >= 15 is 0 Å². The average Bonchev–Trinajstić information content (AvgIpc) is 3.58. The molecule has 0 amide bonds. The molecule has 4 heterocycles. The fourth-order valence-corrected chi connectivity index (χ4v) is 3.43. The molecule has 174 valence electrons. The molecule has 1 aromatic carbocycles.